The van der Waals surface area contributed by atoms with Crippen molar-refractivity contribution in [2.75, 3.05) is 5.32 Å². The highest BCUT2D eigenvalue weighted by molar-refractivity contribution is 5.89. The van der Waals surface area contributed by atoms with E-state index in [9.17, 15) is 4.79 Å². The van der Waals surface area contributed by atoms with Gasteiger partial charge in [-0.2, -0.15) is 0 Å². The Labute approximate surface area is 84.5 Å². The first-order valence-electron chi connectivity index (χ1n) is 4.14. The van der Waals surface area contributed by atoms with E-state index in [0.29, 0.717) is 17.0 Å². The van der Waals surface area contributed by atoms with Crippen molar-refractivity contribution in [3.05, 3.63) is 30.5 Å². The van der Waals surface area contributed by atoms with Crippen LogP contribution in [0.3, 0.4) is 0 Å². The van der Waals surface area contributed by atoms with Gasteiger partial charge in [-0.25, -0.2) is 4.79 Å². The summed E-state index contributed by atoms with van der Waals surface area (Å²) >= 11 is 0. The Morgan fingerprint density at radius 3 is 2.87 bits per heavy atom. The number of nitrogens with zero attached hydrogens (tertiary/aromatic N) is 2. The highest BCUT2D eigenvalue weighted by Crippen LogP contribution is 2.26. The third-order valence-electron chi connectivity index (χ3n) is 1.80. The minimum atomic E-state index is -1.13. The molecule has 15 heavy (non-hydrogen) atoms. The lowest BCUT2D eigenvalue weighted by Gasteiger charge is -2.04. The molecule has 0 fully saturated rings. The largest absolute Gasteiger partial charge is 0.465 e. The fraction of sp³-hybridized carbons (Fsp3) is 0. The molecule has 1 amide bonds. The van der Waals surface area contributed by atoms with Crippen LogP contribution in [0.25, 0.3) is 11.3 Å². The van der Waals surface area contributed by atoms with Gasteiger partial charge in [0.25, 0.3) is 0 Å². The predicted molar refractivity (Wildman–Crippen MR) is 51.4 cm³/mol. The van der Waals surface area contributed by atoms with Crippen LogP contribution in [0.4, 0.5) is 10.5 Å². The van der Waals surface area contributed by atoms with Gasteiger partial charge < -0.3 is 9.63 Å². The smallest absolute Gasteiger partial charge is 0.409 e. The molecular weight excluding hydrogens is 198 g/mol. The Morgan fingerprint density at radius 2 is 2.20 bits per heavy atom. The van der Waals surface area contributed by atoms with E-state index in [4.69, 9.17) is 9.63 Å². The molecule has 0 bridgehead atoms. The van der Waals surface area contributed by atoms with E-state index >= 15 is 0 Å². The van der Waals surface area contributed by atoms with E-state index in [2.05, 4.69) is 15.7 Å². The summed E-state index contributed by atoms with van der Waals surface area (Å²) in [4.78, 5) is 10.5. The second-order valence-corrected chi connectivity index (χ2v) is 2.76. The second-order valence-electron chi connectivity index (χ2n) is 2.76. The van der Waals surface area contributed by atoms with Gasteiger partial charge in [-0.1, -0.05) is 12.1 Å². The zero-order chi connectivity index (χ0) is 10.7. The van der Waals surface area contributed by atoms with E-state index in [1.807, 2.05) is 0 Å². The molecule has 76 valence electrons. The van der Waals surface area contributed by atoms with Crippen LogP contribution < -0.4 is 5.32 Å². The first-order chi connectivity index (χ1) is 7.27. The molecule has 0 atom stereocenters. The fourth-order valence-corrected chi connectivity index (χ4v) is 1.21. The Morgan fingerprint density at radius 1 is 1.40 bits per heavy atom. The van der Waals surface area contributed by atoms with Crippen molar-refractivity contribution in [3.63, 3.8) is 0 Å². The normalized spacial score (nSPS) is 9.87. The van der Waals surface area contributed by atoms with Crippen LogP contribution in [0.5, 0.6) is 0 Å². The predicted octanol–water partition coefficient (Wildman–Crippen LogP) is 1.83. The third kappa shape index (κ3) is 1.93. The highest BCUT2D eigenvalue weighted by Gasteiger charge is 2.09. The number of aromatic nitrogens is 2. The maximum Gasteiger partial charge on any atom is 0.409 e. The van der Waals surface area contributed by atoms with E-state index in [1.54, 1.807) is 24.3 Å². The maximum absolute atomic E-state index is 10.5. The molecule has 1 aromatic carbocycles. The molecule has 1 heterocycles. The molecule has 2 N–H and O–H groups in total. The average molecular weight is 205 g/mol. The summed E-state index contributed by atoms with van der Waals surface area (Å²) in [6.45, 7) is 0. The summed E-state index contributed by atoms with van der Waals surface area (Å²) in [6.07, 6.45) is 0.289. The summed E-state index contributed by atoms with van der Waals surface area (Å²) < 4.78 is 4.85. The molecule has 6 heteroatoms. The number of hydrogen-bond acceptors (Lipinski definition) is 4. The first kappa shape index (κ1) is 9.20. The van der Waals surface area contributed by atoms with Gasteiger partial charge in [0.2, 0.25) is 0 Å². The monoisotopic (exact) mass is 205 g/mol. The number of carboxylic acid groups (broad SMARTS) is 1. The summed E-state index contributed by atoms with van der Waals surface area (Å²) in [5, 5.41) is 17.7. The average Bonchev–Trinajstić information content (AvgIpc) is 2.70. The second kappa shape index (κ2) is 3.79. The number of anilines is 1. The molecule has 0 unspecified atom stereocenters. The Kier molecular flexibility index (Phi) is 2.32. The van der Waals surface area contributed by atoms with E-state index < -0.39 is 6.09 Å². The SMILES string of the molecule is O=C(O)Nc1ccccc1-c1cnno1. The van der Waals surface area contributed by atoms with Crippen LogP contribution >= 0.6 is 0 Å². The van der Waals surface area contributed by atoms with Gasteiger partial charge in [0.1, 0.15) is 0 Å². The van der Waals surface area contributed by atoms with Gasteiger partial charge in [-0.05, 0) is 12.1 Å². The van der Waals surface area contributed by atoms with Crippen LogP contribution in [-0.2, 0) is 0 Å². The van der Waals surface area contributed by atoms with Gasteiger partial charge in [0.05, 0.1) is 11.9 Å². The molecule has 0 saturated heterocycles. The number of benzene rings is 1. The van der Waals surface area contributed by atoms with Crippen molar-refractivity contribution in [2.24, 2.45) is 0 Å². The van der Waals surface area contributed by atoms with E-state index in [-0.39, 0.29) is 0 Å². The summed E-state index contributed by atoms with van der Waals surface area (Å²) in [7, 11) is 0. The lowest BCUT2D eigenvalue weighted by Crippen LogP contribution is -2.07. The molecule has 0 aliphatic rings. The van der Waals surface area contributed by atoms with Crippen LogP contribution in [0.15, 0.2) is 35.0 Å². The maximum atomic E-state index is 10.5. The number of carbonyl (C=O) groups is 1. The number of rotatable bonds is 2. The molecule has 2 rings (SSSR count). The number of nitrogens with one attached hydrogen (secondary N) is 1. The molecule has 0 aliphatic heterocycles. The first-order valence-corrected chi connectivity index (χ1v) is 4.14. The van der Waals surface area contributed by atoms with E-state index in [1.165, 1.54) is 6.20 Å². The standard InChI is InChI=1S/C9H7N3O3/c13-9(14)11-7-4-2-1-3-6(7)8-5-10-12-15-8/h1-5,11H,(H,13,14). The molecule has 6 nitrogen and oxygen atoms in total. The quantitative estimate of drug-likeness (QED) is 0.780. The van der Waals surface area contributed by atoms with Crippen LogP contribution in [0.2, 0.25) is 0 Å². The van der Waals surface area contributed by atoms with Crippen LogP contribution in [0, 0.1) is 0 Å². The molecule has 0 spiro atoms. The third-order valence-corrected chi connectivity index (χ3v) is 1.80. The van der Waals surface area contributed by atoms with Crippen molar-refractivity contribution in [1.29, 1.82) is 0 Å². The fourth-order valence-electron chi connectivity index (χ4n) is 1.21. The van der Waals surface area contributed by atoms with Crippen molar-refractivity contribution >= 4 is 11.8 Å². The Bertz CT molecular complexity index is 467. The van der Waals surface area contributed by atoms with Crippen molar-refractivity contribution < 1.29 is 14.4 Å². The molecule has 2 aromatic rings. The minimum Gasteiger partial charge on any atom is -0.465 e. The van der Waals surface area contributed by atoms with Crippen molar-refractivity contribution in [1.82, 2.24) is 10.4 Å². The summed E-state index contributed by atoms with van der Waals surface area (Å²) in [6, 6.07) is 6.84. The van der Waals surface area contributed by atoms with Gasteiger partial charge in [0.15, 0.2) is 5.76 Å². The minimum absolute atomic E-state index is 0.416. The van der Waals surface area contributed by atoms with Gasteiger partial charge in [0, 0.05) is 10.8 Å². The van der Waals surface area contributed by atoms with Crippen LogP contribution in [-0.4, -0.2) is 21.6 Å². The topological polar surface area (TPSA) is 88.2 Å². The molecule has 0 radical (unpaired) electrons. The lowest BCUT2D eigenvalue weighted by molar-refractivity contribution is 0.210. The van der Waals surface area contributed by atoms with Crippen molar-refractivity contribution in [3.8, 4) is 11.3 Å². The molecule has 0 aliphatic carbocycles. The zero-order valence-corrected chi connectivity index (χ0v) is 7.54. The molecule has 0 saturated carbocycles. The lowest BCUT2D eigenvalue weighted by atomic mass is 10.1. The number of hydrogen-bond donors (Lipinski definition) is 2. The number of para-hydroxylation sites is 1. The molecular formula is C9H7N3O3. The van der Waals surface area contributed by atoms with Gasteiger partial charge in [-0.15, -0.1) is 5.10 Å². The molecule has 1 aromatic heterocycles. The van der Waals surface area contributed by atoms with Gasteiger partial charge in [-0.3, -0.25) is 5.32 Å². The highest BCUT2D eigenvalue weighted by atomic mass is 16.5. The summed E-state index contributed by atoms with van der Waals surface area (Å²) in [5.41, 5.74) is 1.04. The van der Waals surface area contributed by atoms with E-state index in [0.717, 1.165) is 0 Å². The van der Waals surface area contributed by atoms with Gasteiger partial charge >= 0.3 is 6.09 Å². The Hall–Kier alpha value is -2.37. The van der Waals surface area contributed by atoms with Crippen LogP contribution in [0.1, 0.15) is 0 Å². The van der Waals surface area contributed by atoms with Crippen molar-refractivity contribution in [2.45, 2.75) is 0 Å². The zero-order valence-electron chi connectivity index (χ0n) is 7.54. The number of amides is 1. The Balaban J connectivity index is 2.42. The summed E-state index contributed by atoms with van der Waals surface area (Å²) in [5.74, 6) is 0.416.